The van der Waals surface area contributed by atoms with Gasteiger partial charge in [-0.25, -0.2) is 4.79 Å². The smallest absolute Gasteiger partial charge is 0.341 e. The SMILES string of the molecule is CCOC(=O)c1ccsc1N1CC(=O)CC1=O. The Kier molecular flexibility index (Phi) is 3.23. The Morgan fingerprint density at radius 1 is 1.53 bits per heavy atom. The summed E-state index contributed by atoms with van der Waals surface area (Å²) in [6.07, 6.45) is -0.0832. The van der Waals surface area contributed by atoms with Crippen LogP contribution in [0.25, 0.3) is 0 Å². The number of anilines is 1. The topological polar surface area (TPSA) is 63.7 Å². The van der Waals surface area contributed by atoms with Gasteiger partial charge in [0.2, 0.25) is 5.91 Å². The second-order valence-corrected chi connectivity index (χ2v) is 4.45. The molecule has 1 aliphatic heterocycles. The summed E-state index contributed by atoms with van der Waals surface area (Å²) in [6.45, 7) is 2.04. The van der Waals surface area contributed by atoms with Crippen molar-refractivity contribution in [3.05, 3.63) is 17.0 Å². The Bertz CT molecular complexity index is 480. The number of carbonyl (C=O) groups excluding carboxylic acids is 3. The van der Waals surface area contributed by atoms with E-state index in [0.29, 0.717) is 10.6 Å². The normalized spacial score (nSPS) is 15.5. The second-order valence-electron chi connectivity index (χ2n) is 3.56. The van der Waals surface area contributed by atoms with Crippen LogP contribution >= 0.6 is 11.3 Å². The fourth-order valence-electron chi connectivity index (χ4n) is 1.64. The number of rotatable bonds is 3. The summed E-state index contributed by atoms with van der Waals surface area (Å²) in [4.78, 5) is 35.7. The second kappa shape index (κ2) is 4.67. The highest BCUT2D eigenvalue weighted by atomic mass is 32.1. The summed E-state index contributed by atoms with van der Waals surface area (Å²) < 4.78 is 4.89. The number of thiophene rings is 1. The number of amides is 1. The summed E-state index contributed by atoms with van der Waals surface area (Å²) in [7, 11) is 0. The van der Waals surface area contributed by atoms with Gasteiger partial charge in [-0.05, 0) is 18.4 Å². The molecule has 2 rings (SSSR count). The van der Waals surface area contributed by atoms with Crippen molar-refractivity contribution in [3.8, 4) is 0 Å². The number of ether oxygens (including phenoxy) is 1. The molecule has 0 spiro atoms. The minimum absolute atomic E-state index is 0.0474. The van der Waals surface area contributed by atoms with E-state index in [1.165, 1.54) is 16.2 Å². The molecule has 1 aliphatic rings. The predicted octanol–water partition coefficient (Wildman–Crippen LogP) is 1.23. The number of ketones is 1. The van der Waals surface area contributed by atoms with Crippen LogP contribution in [0.3, 0.4) is 0 Å². The van der Waals surface area contributed by atoms with Crippen molar-refractivity contribution in [2.75, 3.05) is 18.1 Å². The minimum atomic E-state index is -0.462. The zero-order valence-electron chi connectivity index (χ0n) is 9.26. The fraction of sp³-hybridized carbons (Fsp3) is 0.364. The van der Waals surface area contributed by atoms with Gasteiger partial charge in [0.15, 0.2) is 5.78 Å². The van der Waals surface area contributed by atoms with E-state index in [-0.39, 0.29) is 31.3 Å². The van der Waals surface area contributed by atoms with Crippen molar-refractivity contribution >= 4 is 34.0 Å². The van der Waals surface area contributed by atoms with E-state index in [1.807, 2.05) is 0 Å². The molecule has 0 aromatic carbocycles. The zero-order valence-corrected chi connectivity index (χ0v) is 10.1. The van der Waals surface area contributed by atoms with Crippen molar-refractivity contribution in [1.82, 2.24) is 0 Å². The molecule has 0 atom stereocenters. The van der Waals surface area contributed by atoms with Crippen molar-refractivity contribution in [2.45, 2.75) is 13.3 Å². The first kappa shape index (κ1) is 11.8. The maximum atomic E-state index is 11.6. The quantitative estimate of drug-likeness (QED) is 0.600. The number of nitrogens with zero attached hydrogens (tertiary/aromatic N) is 1. The molecule has 1 aromatic heterocycles. The Balaban J connectivity index is 2.28. The van der Waals surface area contributed by atoms with Crippen LogP contribution in [0.2, 0.25) is 0 Å². The van der Waals surface area contributed by atoms with Gasteiger partial charge in [-0.15, -0.1) is 11.3 Å². The molecule has 0 aliphatic carbocycles. The highest BCUT2D eigenvalue weighted by molar-refractivity contribution is 7.14. The zero-order chi connectivity index (χ0) is 12.4. The van der Waals surface area contributed by atoms with Crippen molar-refractivity contribution in [2.24, 2.45) is 0 Å². The molecule has 17 heavy (non-hydrogen) atoms. The lowest BCUT2D eigenvalue weighted by Crippen LogP contribution is -2.25. The molecule has 6 heteroatoms. The summed E-state index contributed by atoms with van der Waals surface area (Å²) in [5.74, 6) is -0.850. The number of Topliss-reactive ketones (excluding diaryl/α,β-unsaturated/α-hetero) is 1. The molecule has 0 saturated carbocycles. The van der Waals surface area contributed by atoms with Crippen LogP contribution < -0.4 is 4.90 Å². The summed E-state index contributed by atoms with van der Waals surface area (Å²) in [5.41, 5.74) is 0.347. The van der Waals surface area contributed by atoms with Crippen LogP contribution in [-0.2, 0) is 14.3 Å². The molecule has 0 N–H and O–H groups in total. The highest BCUT2D eigenvalue weighted by Crippen LogP contribution is 2.30. The first-order valence-corrected chi connectivity index (χ1v) is 6.08. The van der Waals surface area contributed by atoms with Crippen molar-refractivity contribution in [1.29, 1.82) is 0 Å². The van der Waals surface area contributed by atoms with Gasteiger partial charge in [0.25, 0.3) is 0 Å². The lowest BCUT2D eigenvalue weighted by molar-refractivity contribution is -0.121. The Morgan fingerprint density at radius 3 is 2.88 bits per heavy atom. The lowest BCUT2D eigenvalue weighted by Gasteiger charge is -2.13. The highest BCUT2D eigenvalue weighted by Gasteiger charge is 2.32. The third-order valence-electron chi connectivity index (χ3n) is 2.37. The van der Waals surface area contributed by atoms with E-state index in [9.17, 15) is 14.4 Å². The first-order chi connectivity index (χ1) is 8.13. The predicted molar refractivity (Wildman–Crippen MR) is 62.3 cm³/mol. The maximum absolute atomic E-state index is 11.6. The van der Waals surface area contributed by atoms with Gasteiger partial charge in [0.05, 0.1) is 25.1 Å². The van der Waals surface area contributed by atoms with Crippen LogP contribution in [0.4, 0.5) is 5.00 Å². The number of esters is 1. The first-order valence-electron chi connectivity index (χ1n) is 5.20. The Morgan fingerprint density at radius 2 is 2.29 bits per heavy atom. The molecule has 0 bridgehead atoms. The summed E-state index contributed by atoms with van der Waals surface area (Å²) in [5, 5.41) is 2.21. The van der Waals surface area contributed by atoms with Crippen LogP contribution in [-0.4, -0.2) is 30.8 Å². The molecular formula is C11H11NO4S. The molecule has 0 radical (unpaired) electrons. The lowest BCUT2D eigenvalue weighted by atomic mass is 10.3. The average Bonchev–Trinajstić information content (AvgIpc) is 2.84. The maximum Gasteiger partial charge on any atom is 0.341 e. The molecule has 90 valence electrons. The molecule has 1 amide bonds. The molecular weight excluding hydrogens is 242 g/mol. The third kappa shape index (κ3) is 2.21. The van der Waals surface area contributed by atoms with Gasteiger partial charge >= 0.3 is 5.97 Å². The van der Waals surface area contributed by atoms with Gasteiger partial charge < -0.3 is 4.74 Å². The largest absolute Gasteiger partial charge is 0.462 e. The van der Waals surface area contributed by atoms with E-state index in [4.69, 9.17) is 4.74 Å². The molecule has 5 nitrogen and oxygen atoms in total. The van der Waals surface area contributed by atoms with Gasteiger partial charge in [0.1, 0.15) is 5.00 Å². The standard InChI is InChI=1S/C11H11NO4S/c1-2-16-11(15)8-3-4-17-10(8)12-6-7(13)5-9(12)14/h3-4H,2,5-6H2,1H3. The van der Waals surface area contributed by atoms with Crippen LogP contribution in [0.15, 0.2) is 11.4 Å². The van der Waals surface area contributed by atoms with E-state index < -0.39 is 5.97 Å². The number of hydrogen-bond donors (Lipinski definition) is 0. The Hall–Kier alpha value is -1.69. The van der Waals surface area contributed by atoms with E-state index >= 15 is 0 Å². The Labute approximate surface area is 102 Å². The molecule has 2 heterocycles. The number of hydrogen-bond acceptors (Lipinski definition) is 5. The summed E-state index contributed by atoms with van der Waals surface area (Å²) >= 11 is 1.26. The van der Waals surface area contributed by atoms with Crippen molar-refractivity contribution in [3.63, 3.8) is 0 Å². The molecule has 1 aromatic rings. The summed E-state index contributed by atoms with van der Waals surface area (Å²) in [6, 6.07) is 1.61. The van der Waals surface area contributed by atoms with E-state index in [1.54, 1.807) is 18.4 Å². The van der Waals surface area contributed by atoms with Gasteiger partial charge in [-0.2, -0.15) is 0 Å². The van der Waals surface area contributed by atoms with E-state index in [0.717, 1.165) is 0 Å². The van der Waals surface area contributed by atoms with Gasteiger partial charge in [0, 0.05) is 0 Å². The monoisotopic (exact) mass is 253 g/mol. The van der Waals surface area contributed by atoms with Gasteiger partial charge in [-0.1, -0.05) is 0 Å². The average molecular weight is 253 g/mol. The molecule has 0 unspecified atom stereocenters. The minimum Gasteiger partial charge on any atom is -0.462 e. The van der Waals surface area contributed by atoms with Crippen LogP contribution in [0.1, 0.15) is 23.7 Å². The van der Waals surface area contributed by atoms with Crippen LogP contribution in [0, 0.1) is 0 Å². The third-order valence-corrected chi connectivity index (χ3v) is 3.30. The molecule has 1 fully saturated rings. The van der Waals surface area contributed by atoms with Crippen molar-refractivity contribution < 1.29 is 19.1 Å². The van der Waals surface area contributed by atoms with Crippen LogP contribution in [0.5, 0.6) is 0 Å². The molecule has 1 saturated heterocycles. The number of carbonyl (C=O) groups is 3. The fourth-order valence-corrected chi connectivity index (χ4v) is 2.55. The van der Waals surface area contributed by atoms with Gasteiger partial charge in [-0.3, -0.25) is 14.5 Å². The van der Waals surface area contributed by atoms with E-state index in [2.05, 4.69) is 0 Å².